The Morgan fingerprint density at radius 1 is 1.12 bits per heavy atom. The summed E-state index contributed by atoms with van der Waals surface area (Å²) in [7, 11) is 0. The number of nitrogens with zero attached hydrogens (tertiary/aromatic N) is 3. The minimum atomic E-state index is -0.710. The summed E-state index contributed by atoms with van der Waals surface area (Å²) in [5.41, 5.74) is -0.325. The van der Waals surface area contributed by atoms with Crippen LogP contribution in [0, 0.1) is 5.82 Å². The third-order valence-corrected chi connectivity index (χ3v) is 5.46. The van der Waals surface area contributed by atoms with E-state index in [2.05, 4.69) is 11.6 Å². The van der Waals surface area contributed by atoms with Crippen molar-refractivity contribution in [2.75, 3.05) is 26.2 Å². The maximum atomic E-state index is 14.5. The van der Waals surface area contributed by atoms with Crippen LogP contribution in [-0.2, 0) is 11.3 Å². The van der Waals surface area contributed by atoms with Crippen LogP contribution in [0.4, 0.5) is 4.39 Å². The molecule has 0 atom stereocenters. The second-order valence-electron chi connectivity index (χ2n) is 7.53. The second kappa shape index (κ2) is 8.62. The largest absolute Gasteiger partial charge is 0.336 e. The number of carbonyl (C=O) groups is 2. The van der Waals surface area contributed by atoms with Gasteiger partial charge in [0, 0.05) is 19.6 Å². The Kier molecular flexibility index (Phi) is 5.72. The molecule has 2 heterocycles. The fraction of sp³-hybridized carbons (Fsp3) is 0.217. The predicted octanol–water partition coefficient (Wildman–Crippen LogP) is 1.35. The average Bonchev–Trinajstić information content (AvgIpc) is 2.78. The van der Waals surface area contributed by atoms with Gasteiger partial charge in [-0.15, -0.1) is 6.58 Å². The van der Waals surface area contributed by atoms with Crippen molar-refractivity contribution in [1.82, 2.24) is 19.4 Å². The van der Waals surface area contributed by atoms with Crippen LogP contribution >= 0.6 is 0 Å². The van der Waals surface area contributed by atoms with E-state index in [1.807, 2.05) is 0 Å². The van der Waals surface area contributed by atoms with E-state index in [0.717, 1.165) is 6.07 Å². The maximum absolute atomic E-state index is 14.5. The highest BCUT2D eigenvalue weighted by Gasteiger charge is 2.28. The van der Waals surface area contributed by atoms with Crippen LogP contribution in [0.1, 0.15) is 15.9 Å². The van der Waals surface area contributed by atoms with Crippen molar-refractivity contribution < 1.29 is 14.0 Å². The lowest BCUT2D eigenvalue weighted by Gasteiger charge is -2.33. The monoisotopic (exact) mass is 436 g/mol. The fourth-order valence-electron chi connectivity index (χ4n) is 3.82. The highest BCUT2D eigenvalue weighted by Crippen LogP contribution is 2.17. The first kappa shape index (κ1) is 21.2. The number of aromatic nitrogens is 2. The van der Waals surface area contributed by atoms with Crippen LogP contribution in [0.25, 0.3) is 10.9 Å². The number of piperazine rings is 1. The Hall–Kier alpha value is -4.01. The number of benzene rings is 2. The second-order valence-corrected chi connectivity index (χ2v) is 7.53. The van der Waals surface area contributed by atoms with Gasteiger partial charge in [-0.1, -0.05) is 24.3 Å². The molecular weight excluding hydrogens is 415 g/mol. The summed E-state index contributed by atoms with van der Waals surface area (Å²) in [6.07, 6.45) is 1.61. The Balaban J connectivity index is 1.63. The van der Waals surface area contributed by atoms with Gasteiger partial charge < -0.3 is 9.80 Å². The van der Waals surface area contributed by atoms with Crippen molar-refractivity contribution in [2.45, 2.75) is 6.54 Å². The zero-order chi connectivity index (χ0) is 22.8. The molecule has 2 aromatic carbocycles. The summed E-state index contributed by atoms with van der Waals surface area (Å²) in [4.78, 5) is 54.8. The highest BCUT2D eigenvalue weighted by atomic mass is 19.1. The molecule has 1 N–H and O–H groups in total. The van der Waals surface area contributed by atoms with E-state index < -0.39 is 23.0 Å². The molecule has 32 heavy (non-hydrogen) atoms. The molecule has 4 rings (SSSR count). The molecule has 1 aliphatic heterocycles. The number of H-pyrrole nitrogens is 1. The first-order chi connectivity index (χ1) is 15.4. The van der Waals surface area contributed by atoms with Crippen LogP contribution < -0.4 is 11.2 Å². The van der Waals surface area contributed by atoms with Crippen LogP contribution in [0.5, 0.6) is 0 Å². The quantitative estimate of drug-likeness (QED) is 0.611. The summed E-state index contributed by atoms with van der Waals surface area (Å²) in [6.45, 7) is 4.52. The van der Waals surface area contributed by atoms with E-state index in [4.69, 9.17) is 0 Å². The molecule has 2 amide bonds. The zero-order valence-electron chi connectivity index (χ0n) is 17.2. The number of halogens is 1. The van der Waals surface area contributed by atoms with E-state index in [1.54, 1.807) is 35.2 Å². The van der Waals surface area contributed by atoms with Crippen LogP contribution in [0.2, 0.25) is 0 Å². The third kappa shape index (κ3) is 3.96. The maximum Gasteiger partial charge on any atom is 0.329 e. The van der Waals surface area contributed by atoms with Gasteiger partial charge in [0.25, 0.3) is 11.5 Å². The first-order valence-electron chi connectivity index (χ1n) is 10.1. The SMILES string of the molecule is C=CCN1CCN(C(=O)c2cc(Cn3c(=O)[nH]c(=O)c4ccccc43)ccc2F)CC1=O. The summed E-state index contributed by atoms with van der Waals surface area (Å²) < 4.78 is 15.9. The lowest BCUT2D eigenvalue weighted by molar-refractivity contribution is -0.134. The number of hydrogen-bond donors (Lipinski definition) is 1. The van der Waals surface area contributed by atoms with Crippen LogP contribution in [-0.4, -0.2) is 57.3 Å². The van der Waals surface area contributed by atoms with Gasteiger partial charge in [-0.25, -0.2) is 9.18 Å². The van der Waals surface area contributed by atoms with Crippen molar-refractivity contribution in [2.24, 2.45) is 0 Å². The number of nitrogens with one attached hydrogen (secondary N) is 1. The summed E-state index contributed by atoms with van der Waals surface area (Å²) in [5.74, 6) is -1.53. The lowest BCUT2D eigenvalue weighted by atomic mass is 10.1. The lowest BCUT2D eigenvalue weighted by Crippen LogP contribution is -2.52. The van der Waals surface area contributed by atoms with E-state index in [0.29, 0.717) is 29.6 Å². The van der Waals surface area contributed by atoms with Gasteiger partial charge in [-0.3, -0.25) is 23.9 Å². The molecule has 0 radical (unpaired) electrons. The molecule has 3 aromatic rings. The Labute approximate surface area is 182 Å². The molecule has 8 nitrogen and oxygen atoms in total. The van der Waals surface area contributed by atoms with Gasteiger partial charge >= 0.3 is 5.69 Å². The summed E-state index contributed by atoms with van der Waals surface area (Å²) >= 11 is 0. The number of fused-ring (bicyclic) bond motifs is 1. The molecule has 0 spiro atoms. The third-order valence-electron chi connectivity index (χ3n) is 5.46. The average molecular weight is 436 g/mol. The Bertz CT molecular complexity index is 1340. The van der Waals surface area contributed by atoms with Gasteiger partial charge in [0.15, 0.2) is 0 Å². The van der Waals surface area contributed by atoms with E-state index in [1.165, 1.54) is 21.6 Å². The van der Waals surface area contributed by atoms with E-state index >= 15 is 0 Å². The molecule has 0 aliphatic carbocycles. The highest BCUT2D eigenvalue weighted by molar-refractivity contribution is 5.97. The predicted molar refractivity (Wildman–Crippen MR) is 117 cm³/mol. The number of para-hydroxylation sites is 1. The number of carbonyl (C=O) groups excluding carboxylic acids is 2. The van der Waals surface area contributed by atoms with Gasteiger partial charge in [-0.05, 0) is 29.8 Å². The number of amides is 2. The first-order valence-corrected chi connectivity index (χ1v) is 10.1. The van der Waals surface area contributed by atoms with Gasteiger partial charge in [-0.2, -0.15) is 0 Å². The smallest absolute Gasteiger partial charge is 0.329 e. The molecule has 164 valence electrons. The minimum absolute atomic E-state index is 0.0305. The number of aromatic amines is 1. The van der Waals surface area contributed by atoms with Gasteiger partial charge in [0.1, 0.15) is 12.4 Å². The number of rotatable bonds is 5. The molecule has 0 bridgehead atoms. The minimum Gasteiger partial charge on any atom is -0.336 e. The Morgan fingerprint density at radius 2 is 1.91 bits per heavy atom. The van der Waals surface area contributed by atoms with Crippen LogP contribution in [0.15, 0.2) is 64.7 Å². The summed E-state index contributed by atoms with van der Waals surface area (Å²) in [5, 5.41) is 0.349. The zero-order valence-corrected chi connectivity index (χ0v) is 17.2. The topological polar surface area (TPSA) is 95.5 Å². The molecule has 0 unspecified atom stereocenters. The molecule has 1 aliphatic rings. The standard InChI is InChI=1S/C23H21FN4O4/c1-2-9-26-10-11-27(14-20(26)29)22(31)17-12-15(7-8-18(17)24)13-28-19-6-4-3-5-16(19)21(30)25-23(28)32/h2-8,12H,1,9-11,13-14H2,(H,25,30,32). The van der Waals surface area contributed by atoms with Crippen molar-refractivity contribution in [3.05, 3.63) is 92.9 Å². The van der Waals surface area contributed by atoms with E-state index in [-0.39, 0.29) is 31.1 Å². The molecule has 1 fully saturated rings. The summed E-state index contributed by atoms with van der Waals surface area (Å²) in [6, 6.07) is 10.7. The van der Waals surface area contributed by atoms with E-state index in [9.17, 15) is 23.6 Å². The van der Waals surface area contributed by atoms with Gasteiger partial charge in [0.05, 0.1) is 23.0 Å². The normalized spacial score (nSPS) is 14.1. The van der Waals surface area contributed by atoms with Crippen molar-refractivity contribution >= 4 is 22.7 Å². The molecular formula is C23H21FN4O4. The number of hydrogen-bond acceptors (Lipinski definition) is 4. The van der Waals surface area contributed by atoms with Crippen molar-refractivity contribution in [1.29, 1.82) is 0 Å². The Morgan fingerprint density at radius 3 is 2.66 bits per heavy atom. The van der Waals surface area contributed by atoms with Crippen molar-refractivity contribution in [3.8, 4) is 0 Å². The fourth-order valence-corrected chi connectivity index (χ4v) is 3.82. The molecule has 0 saturated carbocycles. The molecule has 1 aromatic heterocycles. The van der Waals surface area contributed by atoms with Crippen LogP contribution in [0.3, 0.4) is 0 Å². The molecule has 1 saturated heterocycles. The van der Waals surface area contributed by atoms with Gasteiger partial charge in [0.2, 0.25) is 5.91 Å². The van der Waals surface area contributed by atoms with Crippen molar-refractivity contribution in [3.63, 3.8) is 0 Å². The molecule has 9 heteroatoms.